The highest BCUT2D eigenvalue weighted by atomic mass is 32.2. The molecule has 0 amide bonds. The molecule has 0 radical (unpaired) electrons. The Hall–Kier alpha value is -3.51. The maximum absolute atomic E-state index is 13.9. The number of nitrogens with zero attached hydrogens (tertiary/aromatic N) is 1. The topological polar surface area (TPSA) is 73.3 Å². The van der Waals surface area contributed by atoms with Gasteiger partial charge in [0, 0.05) is 17.1 Å². The number of carbonyl (C=O) groups is 1. The van der Waals surface area contributed by atoms with Crippen molar-refractivity contribution >= 4 is 26.5 Å². The van der Waals surface area contributed by atoms with E-state index in [1.165, 1.54) is 6.20 Å². The SMILES string of the molecule is COc1ccc(C(=O)c2cnc3ccc(C)cc3c2S(=O)(=O)c2ccc(C)c(C)c2)cc1. The van der Waals surface area contributed by atoms with E-state index in [1.54, 1.807) is 61.7 Å². The van der Waals surface area contributed by atoms with Gasteiger partial charge in [0.25, 0.3) is 0 Å². The summed E-state index contributed by atoms with van der Waals surface area (Å²) in [7, 11) is -2.46. The van der Waals surface area contributed by atoms with Gasteiger partial charge in [0.15, 0.2) is 5.78 Å². The van der Waals surface area contributed by atoms with Crippen molar-refractivity contribution in [3.8, 4) is 5.75 Å². The van der Waals surface area contributed by atoms with E-state index in [1.807, 2.05) is 26.8 Å². The molecule has 0 aliphatic heterocycles. The third-order valence-corrected chi connectivity index (χ3v) is 7.48. The minimum atomic E-state index is -4.00. The number of ketones is 1. The fraction of sp³-hybridized carbons (Fsp3) is 0.154. The Morgan fingerprint density at radius 2 is 1.59 bits per heavy atom. The quantitative estimate of drug-likeness (QED) is 0.393. The van der Waals surface area contributed by atoms with E-state index in [4.69, 9.17) is 4.74 Å². The number of rotatable bonds is 5. The molecule has 0 atom stereocenters. The lowest BCUT2D eigenvalue weighted by Crippen LogP contribution is -2.13. The number of methoxy groups -OCH3 is 1. The molecule has 0 fully saturated rings. The molecule has 0 aliphatic carbocycles. The average molecular weight is 446 g/mol. The van der Waals surface area contributed by atoms with Crippen LogP contribution in [0.1, 0.15) is 32.6 Å². The summed E-state index contributed by atoms with van der Waals surface area (Å²) in [6, 6.07) is 17.0. The minimum absolute atomic E-state index is 0.0183. The molecule has 0 N–H and O–H groups in total. The zero-order valence-electron chi connectivity index (χ0n) is 18.3. The van der Waals surface area contributed by atoms with Crippen molar-refractivity contribution < 1.29 is 17.9 Å². The second-order valence-corrected chi connectivity index (χ2v) is 9.72. The van der Waals surface area contributed by atoms with Gasteiger partial charge in [-0.1, -0.05) is 17.7 Å². The molecule has 0 aliphatic rings. The minimum Gasteiger partial charge on any atom is -0.497 e. The van der Waals surface area contributed by atoms with Gasteiger partial charge in [-0.25, -0.2) is 8.42 Å². The Morgan fingerprint density at radius 3 is 2.25 bits per heavy atom. The van der Waals surface area contributed by atoms with E-state index >= 15 is 0 Å². The first kappa shape index (κ1) is 21.7. The largest absolute Gasteiger partial charge is 0.497 e. The van der Waals surface area contributed by atoms with Crippen molar-refractivity contribution in [1.82, 2.24) is 4.98 Å². The Balaban J connectivity index is 2.01. The molecule has 32 heavy (non-hydrogen) atoms. The first-order chi connectivity index (χ1) is 15.2. The maximum atomic E-state index is 13.9. The molecule has 1 aromatic heterocycles. The number of pyridine rings is 1. The van der Waals surface area contributed by atoms with Gasteiger partial charge in [-0.3, -0.25) is 9.78 Å². The fourth-order valence-corrected chi connectivity index (χ4v) is 5.33. The van der Waals surface area contributed by atoms with Crippen LogP contribution in [0, 0.1) is 20.8 Å². The highest BCUT2D eigenvalue weighted by molar-refractivity contribution is 7.91. The zero-order chi connectivity index (χ0) is 23.0. The number of hydrogen-bond acceptors (Lipinski definition) is 5. The highest BCUT2D eigenvalue weighted by Crippen LogP contribution is 2.33. The third-order valence-electron chi connectivity index (χ3n) is 5.63. The predicted molar refractivity (Wildman–Crippen MR) is 124 cm³/mol. The Labute approximate surface area is 187 Å². The van der Waals surface area contributed by atoms with E-state index in [9.17, 15) is 13.2 Å². The molecular weight excluding hydrogens is 422 g/mol. The smallest absolute Gasteiger partial charge is 0.208 e. The second kappa shape index (κ2) is 8.20. The normalized spacial score (nSPS) is 11.5. The van der Waals surface area contributed by atoms with E-state index in [2.05, 4.69) is 4.98 Å². The van der Waals surface area contributed by atoms with Crippen LogP contribution in [0.2, 0.25) is 0 Å². The number of aromatic nitrogens is 1. The summed E-state index contributed by atoms with van der Waals surface area (Å²) in [5.74, 6) is 0.197. The van der Waals surface area contributed by atoms with E-state index in [-0.39, 0.29) is 15.4 Å². The van der Waals surface area contributed by atoms with E-state index in [0.717, 1.165) is 16.7 Å². The monoisotopic (exact) mass is 445 g/mol. The molecule has 4 aromatic rings. The van der Waals surface area contributed by atoms with Crippen LogP contribution in [0.4, 0.5) is 0 Å². The second-order valence-electron chi connectivity index (χ2n) is 7.83. The molecule has 6 heteroatoms. The summed E-state index contributed by atoms with van der Waals surface area (Å²) >= 11 is 0. The number of hydrogen-bond donors (Lipinski definition) is 0. The van der Waals surface area contributed by atoms with Crippen LogP contribution >= 0.6 is 0 Å². The summed E-state index contributed by atoms with van der Waals surface area (Å²) < 4.78 is 32.9. The predicted octanol–water partition coefficient (Wildman–Crippen LogP) is 5.23. The van der Waals surface area contributed by atoms with Crippen molar-refractivity contribution in [3.63, 3.8) is 0 Å². The molecule has 0 spiro atoms. The average Bonchev–Trinajstić information content (AvgIpc) is 2.79. The summed E-state index contributed by atoms with van der Waals surface area (Å²) in [5.41, 5.74) is 3.66. The first-order valence-electron chi connectivity index (χ1n) is 10.1. The number of benzene rings is 3. The van der Waals surface area contributed by atoms with Crippen LogP contribution in [0.25, 0.3) is 10.9 Å². The molecule has 0 saturated heterocycles. The third kappa shape index (κ3) is 3.78. The fourth-order valence-electron chi connectivity index (χ4n) is 3.63. The Bertz CT molecular complexity index is 1460. The van der Waals surface area contributed by atoms with Gasteiger partial charge in [-0.2, -0.15) is 0 Å². The summed E-state index contributed by atoms with van der Waals surface area (Å²) in [6.45, 7) is 5.67. The molecular formula is C26H23NO4S. The van der Waals surface area contributed by atoms with Gasteiger partial charge in [-0.05, 0) is 80.4 Å². The van der Waals surface area contributed by atoms with Gasteiger partial charge in [0.05, 0.1) is 28.0 Å². The van der Waals surface area contributed by atoms with Crippen molar-refractivity contribution in [2.75, 3.05) is 7.11 Å². The van der Waals surface area contributed by atoms with Crippen molar-refractivity contribution in [2.24, 2.45) is 0 Å². The molecule has 162 valence electrons. The van der Waals surface area contributed by atoms with Gasteiger partial charge in [-0.15, -0.1) is 0 Å². The number of fused-ring (bicyclic) bond motifs is 1. The molecule has 1 heterocycles. The molecule has 3 aromatic carbocycles. The highest BCUT2D eigenvalue weighted by Gasteiger charge is 2.28. The van der Waals surface area contributed by atoms with Gasteiger partial charge in [0.1, 0.15) is 5.75 Å². The summed E-state index contributed by atoms with van der Waals surface area (Å²) in [4.78, 5) is 18.0. The lowest BCUT2D eigenvalue weighted by molar-refractivity contribution is 0.103. The van der Waals surface area contributed by atoms with Crippen molar-refractivity contribution in [3.05, 3.63) is 94.7 Å². The van der Waals surface area contributed by atoms with Crippen molar-refractivity contribution in [2.45, 2.75) is 30.6 Å². The van der Waals surface area contributed by atoms with E-state index < -0.39 is 15.6 Å². The lowest BCUT2D eigenvalue weighted by Gasteiger charge is -2.14. The summed E-state index contributed by atoms with van der Waals surface area (Å²) in [5, 5.41) is 0.433. The number of carbonyl (C=O) groups excluding carboxylic acids is 1. The van der Waals surface area contributed by atoms with Gasteiger partial charge < -0.3 is 4.74 Å². The first-order valence-corrected chi connectivity index (χ1v) is 11.6. The molecule has 0 bridgehead atoms. The lowest BCUT2D eigenvalue weighted by atomic mass is 10.0. The number of ether oxygens (including phenoxy) is 1. The Kier molecular flexibility index (Phi) is 5.57. The standard InChI is InChI=1S/C26H23NO4S/c1-16-5-12-24-22(13-16)26(32(29,30)21-11-6-17(2)18(3)14-21)23(15-27-24)25(28)19-7-9-20(31-4)10-8-19/h5-15H,1-4H3. The zero-order valence-corrected chi connectivity index (χ0v) is 19.2. The van der Waals surface area contributed by atoms with Crippen molar-refractivity contribution in [1.29, 1.82) is 0 Å². The van der Waals surface area contributed by atoms with Crippen LogP contribution in [-0.4, -0.2) is 26.3 Å². The van der Waals surface area contributed by atoms with Crippen LogP contribution in [0.5, 0.6) is 5.75 Å². The molecule has 0 unspecified atom stereocenters. The maximum Gasteiger partial charge on any atom is 0.208 e. The van der Waals surface area contributed by atoms with Crippen LogP contribution in [0.15, 0.2) is 76.7 Å². The Morgan fingerprint density at radius 1 is 0.875 bits per heavy atom. The van der Waals surface area contributed by atoms with E-state index in [0.29, 0.717) is 22.2 Å². The van der Waals surface area contributed by atoms with Crippen LogP contribution in [0.3, 0.4) is 0 Å². The van der Waals surface area contributed by atoms with Gasteiger partial charge in [0.2, 0.25) is 9.84 Å². The molecule has 0 saturated carbocycles. The molecule has 5 nitrogen and oxygen atoms in total. The summed E-state index contributed by atoms with van der Waals surface area (Å²) in [6.07, 6.45) is 1.36. The van der Waals surface area contributed by atoms with Gasteiger partial charge >= 0.3 is 0 Å². The molecule has 4 rings (SSSR count). The number of aryl methyl sites for hydroxylation is 3. The van der Waals surface area contributed by atoms with Crippen LogP contribution < -0.4 is 4.74 Å². The van der Waals surface area contributed by atoms with Crippen LogP contribution in [-0.2, 0) is 9.84 Å². The number of sulfone groups is 1.